The fraction of sp³-hybridized carbons (Fsp3) is 0.257. The molecule has 224 valence electrons. The molecule has 0 saturated carbocycles. The Morgan fingerprint density at radius 3 is 2.44 bits per heavy atom. The van der Waals surface area contributed by atoms with Crippen molar-refractivity contribution in [2.75, 3.05) is 32.2 Å². The lowest BCUT2D eigenvalue weighted by atomic mass is 10.0. The van der Waals surface area contributed by atoms with Crippen LogP contribution in [0.5, 0.6) is 11.5 Å². The molecule has 7 nitrogen and oxygen atoms in total. The molecule has 8 heteroatoms. The second-order valence-electron chi connectivity index (χ2n) is 9.93. The standard InChI is InChI=1S/C35H38N2O5S/c1-4-5-20-41-21-22-42-32-12-6-27(7-13-32)28-8-16-34(40-3)29(23-28)9-17-35(38)37-31-10-14-33(15-11-31)43(39)25-30-24-36-19-18-26(30)2/h6-19,23-24H,4-5,20-22,25H2,1-3H3,(H,37,38)/b17-9+/t43-/m0/s1. The summed E-state index contributed by atoms with van der Waals surface area (Å²) in [6, 6.07) is 22.7. The van der Waals surface area contributed by atoms with Gasteiger partial charge in [-0.2, -0.15) is 0 Å². The maximum Gasteiger partial charge on any atom is 0.248 e. The van der Waals surface area contributed by atoms with E-state index in [9.17, 15) is 9.00 Å². The number of carbonyl (C=O) groups excluding carboxylic acids is 1. The van der Waals surface area contributed by atoms with Gasteiger partial charge in [-0.25, -0.2) is 0 Å². The SMILES string of the molecule is CCCCOCCOc1ccc(-c2ccc(OC)c(/C=C/C(=O)Nc3ccc([S@@](=O)Cc4cnccc4C)cc3)c2)cc1. The van der Waals surface area contributed by atoms with Gasteiger partial charge in [0, 0.05) is 41.2 Å². The summed E-state index contributed by atoms with van der Waals surface area (Å²) in [5, 5.41) is 2.86. The van der Waals surface area contributed by atoms with Crippen molar-refractivity contribution in [3.05, 3.63) is 108 Å². The first-order valence-electron chi connectivity index (χ1n) is 14.3. The molecule has 3 aromatic carbocycles. The fourth-order valence-electron chi connectivity index (χ4n) is 4.27. The van der Waals surface area contributed by atoms with E-state index in [1.807, 2.05) is 55.5 Å². The molecule has 1 heterocycles. The first kappa shape index (κ1) is 31.7. The molecule has 1 N–H and O–H groups in total. The Bertz CT molecular complexity index is 1540. The Labute approximate surface area is 256 Å². The van der Waals surface area contributed by atoms with Crippen LogP contribution < -0.4 is 14.8 Å². The number of aromatic nitrogens is 1. The van der Waals surface area contributed by atoms with Gasteiger partial charge in [0.2, 0.25) is 5.91 Å². The lowest BCUT2D eigenvalue weighted by Crippen LogP contribution is -2.08. The quantitative estimate of drug-likeness (QED) is 0.115. The van der Waals surface area contributed by atoms with Gasteiger partial charge in [0.05, 0.1) is 30.3 Å². The molecule has 0 spiro atoms. The second-order valence-corrected chi connectivity index (χ2v) is 11.4. The number of anilines is 1. The van der Waals surface area contributed by atoms with Crippen molar-refractivity contribution >= 4 is 28.5 Å². The predicted octanol–water partition coefficient (Wildman–Crippen LogP) is 7.22. The summed E-state index contributed by atoms with van der Waals surface area (Å²) < 4.78 is 29.7. The summed E-state index contributed by atoms with van der Waals surface area (Å²) in [5.74, 6) is 1.55. The van der Waals surface area contributed by atoms with E-state index in [2.05, 4.69) is 17.2 Å². The van der Waals surface area contributed by atoms with Crippen LogP contribution in [0.15, 0.2) is 96.2 Å². The third kappa shape index (κ3) is 9.63. The van der Waals surface area contributed by atoms with Crippen LogP contribution in [0, 0.1) is 6.92 Å². The smallest absolute Gasteiger partial charge is 0.248 e. The van der Waals surface area contributed by atoms with Crippen molar-refractivity contribution < 1.29 is 23.2 Å². The maximum absolute atomic E-state index is 12.8. The van der Waals surface area contributed by atoms with Gasteiger partial charge < -0.3 is 19.5 Å². The van der Waals surface area contributed by atoms with Crippen LogP contribution >= 0.6 is 0 Å². The monoisotopic (exact) mass is 598 g/mol. The van der Waals surface area contributed by atoms with Crippen LogP contribution in [-0.2, 0) is 26.1 Å². The molecular formula is C35H38N2O5S. The second kappa shape index (κ2) is 16.4. The topological polar surface area (TPSA) is 86.8 Å². The van der Waals surface area contributed by atoms with Crippen molar-refractivity contribution in [1.82, 2.24) is 4.98 Å². The van der Waals surface area contributed by atoms with Gasteiger partial charge in [0.15, 0.2) is 0 Å². The van der Waals surface area contributed by atoms with Crippen molar-refractivity contribution in [3.8, 4) is 22.6 Å². The number of hydrogen-bond acceptors (Lipinski definition) is 6. The molecular weight excluding hydrogens is 560 g/mol. The molecule has 0 unspecified atom stereocenters. The molecule has 0 bridgehead atoms. The Morgan fingerprint density at radius 2 is 1.72 bits per heavy atom. The Kier molecular flexibility index (Phi) is 12.1. The lowest BCUT2D eigenvalue weighted by Gasteiger charge is -2.10. The third-order valence-corrected chi connectivity index (χ3v) is 8.16. The summed E-state index contributed by atoms with van der Waals surface area (Å²) in [7, 11) is 0.389. The van der Waals surface area contributed by atoms with E-state index >= 15 is 0 Å². The molecule has 1 amide bonds. The Hall–Kier alpha value is -4.27. The van der Waals surface area contributed by atoms with Crippen LogP contribution in [0.1, 0.15) is 36.5 Å². The number of methoxy groups -OCH3 is 1. The van der Waals surface area contributed by atoms with E-state index in [1.165, 1.54) is 6.08 Å². The van der Waals surface area contributed by atoms with Crippen molar-refractivity contribution in [2.24, 2.45) is 0 Å². The fourth-order valence-corrected chi connectivity index (χ4v) is 5.46. The molecule has 4 rings (SSSR count). The highest BCUT2D eigenvalue weighted by Crippen LogP contribution is 2.29. The number of unbranched alkanes of at least 4 members (excludes halogenated alkanes) is 1. The van der Waals surface area contributed by atoms with E-state index in [-0.39, 0.29) is 5.91 Å². The number of nitrogens with zero attached hydrogens (tertiary/aromatic N) is 1. The average Bonchev–Trinajstić information content (AvgIpc) is 3.03. The van der Waals surface area contributed by atoms with Crippen molar-refractivity contribution in [1.29, 1.82) is 0 Å². The van der Waals surface area contributed by atoms with E-state index in [0.717, 1.165) is 53.0 Å². The molecule has 0 radical (unpaired) electrons. The zero-order valence-corrected chi connectivity index (χ0v) is 25.7. The molecule has 1 atom stereocenters. The van der Waals surface area contributed by atoms with Crippen LogP contribution in [0.4, 0.5) is 5.69 Å². The number of rotatable bonds is 15. The van der Waals surface area contributed by atoms with Gasteiger partial charge in [0.25, 0.3) is 0 Å². The lowest BCUT2D eigenvalue weighted by molar-refractivity contribution is -0.111. The first-order valence-corrected chi connectivity index (χ1v) is 15.6. The Morgan fingerprint density at radius 1 is 0.953 bits per heavy atom. The molecule has 0 saturated heterocycles. The summed E-state index contributed by atoms with van der Waals surface area (Å²) in [6.45, 7) is 5.97. The number of hydrogen-bond donors (Lipinski definition) is 1. The highest BCUT2D eigenvalue weighted by atomic mass is 32.2. The third-order valence-electron chi connectivity index (χ3n) is 6.79. The maximum atomic E-state index is 12.8. The molecule has 0 aliphatic rings. The summed E-state index contributed by atoms with van der Waals surface area (Å²) >= 11 is 0. The molecule has 1 aromatic heterocycles. The first-order chi connectivity index (χ1) is 21.0. The summed E-state index contributed by atoms with van der Waals surface area (Å²) in [5.41, 5.74) is 5.40. The molecule has 43 heavy (non-hydrogen) atoms. The van der Waals surface area contributed by atoms with Gasteiger partial charge >= 0.3 is 0 Å². The normalized spacial score (nSPS) is 11.8. The van der Waals surface area contributed by atoms with Gasteiger partial charge in [0.1, 0.15) is 18.1 Å². The van der Waals surface area contributed by atoms with Gasteiger partial charge in [-0.05, 0) is 96.3 Å². The highest BCUT2D eigenvalue weighted by molar-refractivity contribution is 7.84. The van der Waals surface area contributed by atoms with Crippen molar-refractivity contribution in [2.45, 2.75) is 37.3 Å². The molecule has 0 aliphatic carbocycles. The van der Waals surface area contributed by atoms with E-state index in [4.69, 9.17) is 14.2 Å². The number of pyridine rings is 1. The van der Waals surface area contributed by atoms with Crippen LogP contribution in [0.3, 0.4) is 0 Å². The summed E-state index contributed by atoms with van der Waals surface area (Å²) in [4.78, 5) is 17.5. The minimum Gasteiger partial charge on any atom is -0.496 e. The minimum absolute atomic E-state index is 0.285. The van der Waals surface area contributed by atoms with Crippen LogP contribution in [0.25, 0.3) is 17.2 Å². The average molecular weight is 599 g/mol. The van der Waals surface area contributed by atoms with Gasteiger partial charge in [-0.15, -0.1) is 0 Å². The van der Waals surface area contributed by atoms with Crippen molar-refractivity contribution in [3.63, 3.8) is 0 Å². The number of ether oxygens (including phenoxy) is 3. The van der Waals surface area contributed by atoms with E-state index in [0.29, 0.717) is 35.3 Å². The number of nitrogens with one attached hydrogen (secondary N) is 1. The summed E-state index contributed by atoms with van der Waals surface area (Å²) in [6.07, 6.45) is 8.85. The molecule has 0 fully saturated rings. The van der Waals surface area contributed by atoms with E-state index < -0.39 is 10.8 Å². The number of carbonyl (C=O) groups is 1. The zero-order chi connectivity index (χ0) is 30.4. The Balaban J connectivity index is 1.34. The van der Waals surface area contributed by atoms with Crippen LogP contribution in [0.2, 0.25) is 0 Å². The van der Waals surface area contributed by atoms with E-state index in [1.54, 1.807) is 49.8 Å². The highest BCUT2D eigenvalue weighted by Gasteiger charge is 2.09. The van der Waals surface area contributed by atoms with Gasteiger partial charge in [-0.1, -0.05) is 31.5 Å². The number of benzene rings is 3. The van der Waals surface area contributed by atoms with Crippen LogP contribution in [-0.4, -0.2) is 42.0 Å². The number of aryl methyl sites for hydroxylation is 1. The number of amides is 1. The largest absolute Gasteiger partial charge is 0.496 e. The zero-order valence-electron chi connectivity index (χ0n) is 24.9. The van der Waals surface area contributed by atoms with Gasteiger partial charge in [-0.3, -0.25) is 14.0 Å². The molecule has 4 aromatic rings. The molecule has 0 aliphatic heterocycles. The predicted molar refractivity (Wildman–Crippen MR) is 173 cm³/mol. The minimum atomic E-state index is -1.21.